The fraction of sp³-hybridized carbons (Fsp3) is 0.0526. The van der Waals surface area contributed by atoms with Crippen LogP contribution in [0.4, 0.5) is 13.2 Å². The normalized spacial score (nSPS) is 12.0. The maximum atomic E-state index is 13.6. The highest BCUT2D eigenvalue weighted by atomic mass is 35.5. The van der Waals surface area contributed by atoms with Gasteiger partial charge in [0.2, 0.25) is 10.0 Å². The van der Waals surface area contributed by atoms with Crippen LogP contribution in [0.15, 0.2) is 52.9 Å². The first-order chi connectivity index (χ1) is 14.5. The average molecular weight is 483 g/mol. The van der Waals surface area contributed by atoms with Crippen molar-refractivity contribution in [3.8, 4) is 23.1 Å². The van der Waals surface area contributed by atoms with Crippen LogP contribution in [0.3, 0.4) is 0 Å². The molecule has 6 nitrogen and oxygen atoms in total. The number of alkyl halides is 3. The topological polar surface area (TPSA) is 90.4 Å². The second-order valence-corrected chi connectivity index (χ2v) is 9.53. The van der Waals surface area contributed by atoms with Crippen LogP contribution in [-0.4, -0.2) is 23.0 Å². The number of aromatic nitrogens is 3. The maximum Gasteiger partial charge on any atom is 0.436 e. The van der Waals surface area contributed by atoms with Crippen molar-refractivity contribution in [3.63, 3.8) is 0 Å². The molecule has 158 valence electrons. The summed E-state index contributed by atoms with van der Waals surface area (Å²) in [4.78, 5) is 4.54. The molecule has 4 aromatic rings. The monoisotopic (exact) mass is 482 g/mol. The van der Waals surface area contributed by atoms with E-state index in [9.17, 15) is 21.6 Å². The van der Waals surface area contributed by atoms with E-state index in [2.05, 4.69) is 21.9 Å². The van der Waals surface area contributed by atoms with Gasteiger partial charge < -0.3 is 0 Å². The summed E-state index contributed by atoms with van der Waals surface area (Å²) in [7, 11) is -3.93. The molecule has 2 N–H and O–H groups in total. The number of nitrogens with two attached hydrogens (primary N) is 1. The van der Waals surface area contributed by atoms with Crippen LogP contribution in [0.1, 0.15) is 16.1 Å². The molecule has 0 spiro atoms. The number of hydrogen-bond acceptors (Lipinski definition) is 5. The Kier molecular flexibility index (Phi) is 5.26. The van der Waals surface area contributed by atoms with E-state index in [-0.39, 0.29) is 14.7 Å². The summed E-state index contributed by atoms with van der Waals surface area (Å²) in [6, 6.07) is 10.8. The van der Waals surface area contributed by atoms with Crippen LogP contribution >= 0.6 is 22.9 Å². The van der Waals surface area contributed by atoms with Gasteiger partial charge in [-0.3, -0.25) is 0 Å². The van der Waals surface area contributed by atoms with Gasteiger partial charge in [0.05, 0.1) is 10.6 Å². The van der Waals surface area contributed by atoms with Gasteiger partial charge in [0.1, 0.15) is 9.77 Å². The predicted octanol–water partition coefficient (Wildman–Crippen LogP) is 4.18. The number of rotatable bonds is 2. The summed E-state index contributed by atoms with van der Waals surface area (Å²) in [5, 5.41) is 9.14. The Morgan fingerprint density at radius 2 is 1.77 bits per heavy atom. The molecule has 0 bridgehead atoms. The third kappa shape index (κ3) is 4.42. The molecule has 0 aliphatic heterocycles. The van der Waals surface area contributed by atoms with Gasteiger partial charge in [0.15, 0.2) is 11.3 Å². The zero-order valence-corrected chi connectivity index (χ0v) is 17.6. The van der Waals surface area contributed by atoms with Crippen LogP contribution < -0.4 is 5.14 Å². The minimum atomic E-state index is -4.76. The highest BCUT2D eigenvalue weighted by molar-refractivity contribution is 7.91. The minimum Gasteiger partial charge on any atom is -0.227 e. The number of hydrogen-bond donors (Lipinski definition) is 1. The van der Waals surface area contributed by atoms with Gasteiger partial charge in [-0.15, -0.1) is 11.3 Å². The smallest absolute Gasteiger partial charge is 0.227 e. The lowest BCUT2D eigenvalue weighted by atomic mass is 10.1. The summed E-state index contributed by atoms with van der Waals surface area (Å²) in [5.41, 5.74) is -0.640. The van der Waals surface area contributed by atoms with Gasteiger partial charge >= 0.3 is 6.18 Å². The van der Waals surface area contributed by atoms with Crippen molar-refractivity contribution in [2.75, 3.05) is 0 Å². The second kappa shape index (κ2) is 7.65. The number of halogens is 4. The third-order valence-corrected chi connectivity index (χ3v) is 6.76. The second-order valence-electron chi connectivity index (χ2n) is 6.22. The molecule has 3 aromatic heterocycles. The molecular weight excluding hydrogens is 473 g/mol. The molecule has 0 radical (unpaired) electrons. The van der Waals surface area contributed by atoms with Gasteiger partial charge in [-0.1, -0.05) is 35.6 Å². The molecule has 0 fully saturated rings. The van der Waals surface area contributed by atoms with Crippen molar-refractivity contribution in [1.82, 2.24) is 14.6 Å². The number of nitrogens with zero attached hydrogens (tertiary/aromatic N) is 3. The van der Waals surface area contributed by atoms with Gasteiger partial charge in [0.25, 0.3) is 0 Å². The first-order valence-electron chi connectivity index (χ1n) is 8.39. The van der Waals surface area contributed by atoms with Crippen molar-refractivity contribution >= 4 is 38.6 Å². The van der Waals surface area contributed by atoms with Crippen LogP contribution in [0.5, 0.6) is 0 Å². The van der Waals surface area contributed by atoms with Crippen molar-refractivity contribution in [3.05, 3.63) is 69.8 Å². The molecule has 4 rings (SSSR count). The fourth-order valence-corrected chi connectivity index (χ4v) is 4.40. The summed E-state index contributed by atoms with van der Waals surface area (Å²) in [6.07, 6.45) is -3.41. The van der Waals surface area contributed by atoms with Crippen LogP contribution in [0, 0.1) is 11.8 Å². The van der Waals surface area contributed by atoms with Crippen molar-refractivity contribution in [2.45, 2.75) is 10.4 Å². The Bertz CT molecular complexity index is 1460. The highest BCUT2D eigenvalue weighted by Gasteiger charge is 2.38. The molecule has 0 aliphatic rings. The molecule has 0 saturated heterocycles. The van der Waals surface area contributed by atoms with Crippen LogP contribution in [0.2, 0.25) is 5.02 Å². The lowest BCUT2D eigenvalue weighted by Crippen LogP contribution is -2.09. The van der Waals surface area contributed by atoms with Crippen molar-refractivity contribution in [1.29, 1.82) is 0 Å². The quantitative estimate of drug-likeness (QED) is 0.434. The van der Waals surface area contributed by atoms with E-state index in [0.717, 1.165) is 15.9 Å². The number of thiophene rings is 1. The van der Waals surface area contributed by atoms with E-state index in [1.807, 2.05) is 0 Å². The molecule has 0 atom stereocenters. The summed E-state index contributed by atoms with van der Waals surface area (Å²) in [5.74, 6) is 5.00. The molecule has 0 saturated carbocycles. The molecule has 0 amide bonds. The predicted molar refractivity (Wildman–Crippen MR) is 110 cm³/mol. The van der Waals surface area contributed by atoms with Gasteiger partial charge in [-0.25, -0.2) is 23.1 Å². The first kappa shape index (κ1) is 21.3. The van der Waals surface area contributed by atoms with E-state index in [1.165, 1.54) is 24.4 Å². The number of sulfonamides is 1. The van der Waals surface area contributed by atoms with E-state index in [0.29, 0.717) is 16.3 Å². The van der Waals surface area contributed by atoms with Gasteiger partial charge in [-0.2, -0.15) is 18.3 Å². The summed E-state index contributed by atoms with van der Waals surface area (Å²) >= 11 is 6.63. The molecule has 31 heavy (non-hydrogen) atoms. The first-order valence-corrected chi connectivity index (χ1v) is 11.1. The van der Waals surface area contributed by atoms with Crippen LogP contribution in [0.25, 0.3) is 16.9 Å². The molecule has 1 aromatic carbocycles. The zero-order chi connectivity index (χ0) is 22.4. The Morgan fingerprint density at radius 3 is 2.39 bits per heavy atom. The number of primary sulfonamides is 1. The SMILES string of the molecule is NS(=O)(=O)c1ccc(C#Cc2c(C(F)(F)F)nn3ccc(-c4ccc(Cl)cc4)nc23)s1. The van der Waals surface area contributed by atoms with Crippen molar-refractivity contribution in [2.24, 2.45) is 5.14 Å². The van der Waals surface area contributed by atoms with Gasteiger partial charge in [-0.05, 0) is 30.3 Å². The van der Waals surface area contributed by atoms with E-state index < -0.39 is 27.5 Å². The van der Waals surface area contributed by atoms with E-state index >= 15 is 0 Å². The average Bonchev–Trinajstić information content (AvgIpc) is 3.31. The lowest BCUT2D eigenvalue weighted by molar-refractivity contribution is -0.141. The summed E-state index contributed by atoms with van der Waals surface area (Å²) in [6.45, 7) is 0. The Morgan fingerprint density at radius 1 is 1.06 bits per heavy atom. The van der Waals surface area contributed by atoms with Gasteiger partial charge in [0, 0.05) is 16.8 Å². The van der Waals surface area contributed by atoms with E-state index in [4.69, 9.17) is 16.7 Å². The maximum absolute atomic E-state index is 13.6. The number of fused-ring (bicyclic) bond motifs is 1. The molecular formula is C19H10ClF3N4O2S2. The molecule has 0 unspecified atom stereocenters. The Labute approximate surface area is 183 Å². The fourth-order valence-electron chi connectivity index (χ4n) is 2.69. The highest BCUT2D eigenvalue weighted by Crippen LogP contribution is 2.33. The number of benzene rings is 1. The Balaban J connectivity index is 1.87. The van der Waals surface area contributed by atoms with E-state index in [1.54, 1.807) is 24.3 Å². The standard InChI is InChI=1S/C19H10ClF3N4O2S2/c20-12-3-1-11(2-4-12)15-9-10-27-18(25-15)14(17(26-27)19(21,22)23)7-5-13-6-8-16(30-13)31(24,28)29/h1-4,6,8-10H,(H2,24,28,29). The molecule has 3 heterocycles. The zero-order valence-electron chi connectivity index (χ0n) is 15.2. The summed E-state index contributed by atoms with van der Waals surface area (Å²) < 4.78 is 64.3. The molecule has 12 heteroatoms. The third-order valence-electron chi connectivity index (χ3n) is 4.07. The largest absolute Gasteiger partial charge is 0.436 e. The Hall–Kier alpha value is -2.91. The molecule has 0 aliphatic carbocycles. The lowest BCUT2D eigenvalue weighted by Gasteiger charge is -2.02. The van der Waals surface area contributed by atoms with Crippen LogP contribution in [-0.2, 0) is 16.2 Å². The minimum absolute atomic E-state index is 0.0875. The van der Waals surface area contributed by atoms with Crippen molar-refractivity contribution < 1.29 is 21.6 Å².